The third-order valence-electron chi connectivity index (χ3n) is 5.04. The Balaban J connectivity index is 1.48. The molecule has 98 valence electrons. The molecule has 0 aromatic heterocycles. The highest BCUT2D eigenvalue weighted by atomic mass is 16.5. The van der Waals surface area contributed by atoms with Crippen LogP contribution in [0.25, 0.3) is 0 Å². The summed E-state index contributed by atoms with van der Waals surface area (Å²) < 4.78 is 6.00. The van der Waals surface area contributed by atoms with Crippen molar-refractivity contribution in [3.8, 4) is 0 Å². The fraction of sp³-hybridized carbons (Fsp3) is 1.00. The van der Waals surface area contributed by atoms with E-state index in [0.717, 1.165) is 24.6 Å². The molecule has 1 spiro atoms. The van der Waals surface area contributed by atoms with E-state index in [1.54, 1.807) is 0 Å². The lowest BCUT2D eigenvalue weighted by Crippen LogP contribution is -2.52. The first kappa shape index (κ1) is 12.0. The van der Waals surface area contributed by atoms with E-state index in [1.807, 2.05) is 0 Å². The Kier molecular flexibility index (Phi) is 3.45. The lowest BCUT2D eigenvalue weighted by molar-refractivity contribution is -0.136. The Labute approximate surface area is 105 Å². The topological polar surface area (TPSA) is 21.3 Å². The van der Waals surface area contributed by atoms with E-state index >= 15 is 0 Å². The number of hydrogen-bond donors (Lipinski definition) is 1. The summed E-state index contributed by atoms with van der Waals surface area (Å²) in [6, 6.07) is 1.50. The second-order valence-corrected chi connectivity index (χ2v) is 6.53. The minimum atomic E-state index is 0.299. The molecule has 0 bridgehead atoms. The summed E-state index contributed by atoms with van der Waals surface area (Å²) in [6.45, 7) is 3.32. The predicted octanol–water partition coefficient (Wildman–Crippen LogP) is 3.26. The standard InChI is InChI=1S/C15H27NO/c1-2-13(10-12-4-5-12)16-14-6-9-17-15(11-14)7-3-8-15/h12-14,16H,2-11H2,1H3. The van der Waals surface area contributed by atoms with Crippen molar-refractivity contribution in [3.05, 3.63) is 0 Å². The van der Waals surface area contributed by atoms with E-state index in [1.165, 1.54) is 57.8 Å². The van der Waals surface area contributed by atoms with E-state index in [-0.39, 0.29) is 0 Å². The van der Waals surface area contributed by atoms with Crippen molar-refractivity contribution in [2.45, 2.75) is 82.4 Å². The fourth-order valence-electron chi connectivity index (χ4n) is 3.53. The van der Waals surface area contributed by atoms with E-state index < -0.39 is 0 Å². The first-order valence-electron chi connectivity index (χ1n) is 7.70. The smallest absolute Gasteiger partial charge is 0.0697 e. The molecule has 1 N–H and O–H groups in total. The molecule has 2 heteroatoms. The van der Waals surface area contributed by atoms with Gasteiger partial charge in [0.05, 0.1) is 5.60 Å². The number of nitrogens with one attached hydrogen (secondary N) is 1. The minimum Gasteiger partial charge on any atom is -0.375 e. The Hall–Kier alpha value is -0.0800. The monoisotopic (exact) mass is 237 g/mol. The highest BCUT2D eigenvalue weighted by molar-refractivity contribution is 4.96. The zero-order valence-corrected chi connectivity index (χ0v) is 11.2. The first-order chi connectivity index (χ1) is 8.30. The minimum absolute atomic E-state index is 0.299. The maximum atomic E-state index is 6.00. The maximum Gasteiger partial charge on any atom is 0.0697 e. The average Bonchev–Trinajstić information content (AvgIpc) is 3.10. The molecule has 17 heavy (non-hydrogen) atoms. The molecule has 2 aliphatic carbocycles. The lowest BCUT2D eigenvalue weighted by Gasteiger charge is -2.48. The molecule has 0 aromatic carbocycles. The van der Waals surface area contributed by atoms with Gasteiger partial charge in [-0.05, 0) is 50.9 Å². The van der Waals surface area contributed by atoms with Crippen LogP contribution in [0.4, 0.5) is 0 Å². The summed E-state index contributed by atoms with van der Waals surface area (Å²) in [4.78, 5) is 0. The SMILES string of the molecule is CCC(CC1CC1)NC1CCOC2(CCC2)C1. The van der Waals surface area contributed by atoms with Crippen LogP contribution >= 0.6 is 0 Å². The molecule has 1 saturated heterocycles. The zero-order valence-electron chi connectivity index (χ0n) is 11.2. The predicted molar refractivity (Wildman–Crippen MR) is 70.1 cm³/mol. The van der Waals surface area contributed by atoms with Gasteiger partial charge in [0.25, 0.3) is 0 Å². The van der Waals surface area contributed by atoms with Gasteiger partial charge in [-0.3, -0.25) is 0 Å². The number of ether oxygens (including phenoxy) is 1. The van der Waals surface area contributed by atoms with Crippen molar-refractivity contribution in [1.82, 2.24) is 5.32 Å². The van der Waals surface area contributed by atoms with E-state index in [4.69, 9.17) is 4.74 Å². The summed E-state index contributed by atoms with van der Waals surface area (Å²) >= 11 is 0. The van der Waals surface area contributed by atoms with Crippen molar-refractivity contribution < 1.29 is 4.74 Å². The van der Waals surface area contributed by atoms with Gasteiger partial charge in [0, 0.05) is 18.7 Å². The van der Waals surface area contributed by atoms with Gasteiger partial charge in [-0.1, -0.05) is 19.8 Å². The fourth-order valence-corrected chi connectivity index (χ4v) is 3.53. The molecular weight excluding hydrogens is 210 g/mol. The van der Waals surface area contributed by atoms with Crippen LogP contribution in [0.3, 0.4) is 0 Å². The van der Waals surface area contributed by atoms with Crippen LogP contribution in [0.1, 0.15) is 64.7 Å². The summed E-state index contributed by atoms with van der Waals surface area (Å²) in [7, 11) is 0. The van der Waals surface area contributed by atoms with E-state index in [9.17, 15) is 0 Å². The Morgan fingerprint density at radius 1 is 1.29 bits per heavy atom. The first-order valence-corrected chi connectivity index (χ1v) is 7.70. The van der Waals surface area contributed by atoms with Gasteiger partial charge < -0.3 is 10.1 Å². The molecule has 0 radical (unpaired) electrons. The molecule has 2 atom stereocenters. The maximum absolute atomic E-state index is 6.00. The van der Waals surface area contributed by atoms with Gasteiger partial charge in [0.2, 0.25) is 0 Å². The molecule has 2 unspecified atom stereocenters. The quantitative estimate of drug-likeness (QED) is 0.792. The normalized spacial score (nSPS) is 33.4. The summed E-state index contributed by atoms with van der Waals surface area (Å²) in [5.74, 6) is 1.05. The van der Waals surface area contributed by atoms with Crippen LogP contribution in [0, 0.1) is 5.92 Å². The van der Waals surface area contributed by atoms with Crippen LogP contribution in [0.5, 0.6) is 0 Å². The molecule has 0 amide bonds. The third-order valence-corrected chi connectivity index (χ3v) is 5.04. The van der Waals surface area contributed by atoms with Crippen molar-refractivity contribution in [2.75, 3.05) is 6.61 Å². The molecule has 1 heterocycles. The molecule has 3 rings (SSSR count). The Bertz CT molecular complexity index is 258. The Morgan fingerprint density at radius 3 is 2.71 bits per heavy atom. The summed E-state index contributed by atoms with van der Waals surface area (Å²) in [5.41, 5.74) is 0.299. The molecule has 3 fully saturated rings. The zero-order chi connectivity index (χ0) is 11.7. The van der Waals surface area contributed by atoms with E-state index in [2.05, 4.69) is 12.2 Å². The van der Waals surface area contributed by atoms with Crippen LogP contribution < -0.4 is 5.32 Å². The van der Waals surface area contributed by atoms with Crippen LogP contribution in [0.15, 0.2) is 0 Å². The lowest BCUT2D eigenvalue weighted by atomic mass is 9.74. The molecular formula is C15H27NO. The van der Waals surface area contributed by atoms with Gasteiger partial charge in [0.15, 0.2) is 0 Å². The van der Waals surface area contributed by atoms with Crippen LogP contribution in [0.2, 0.25) is 0 Å². The largest absolute Gasteiger partial charge is 0.375 e. The molecule has 0 aromatic rings. The highest BCUT2D eigenvalue weighted by Crippen LogP contribution is 2.42. The van der Waals surface area contributed by atoms with Crippen molar-refractivity contribution in [1.29, 1.82) is 0 Å². The van der Waals surface area contributed by atoms with Gasteiger partial charge in [-0.15, -0.1) is 0 Å². The van der Waals surface area contributed by atoms with E-state index in [0.29, 0.717) is 5.60 Å². The van der Waals surface area contributed by atoms with Crippen molar-refractivity contribution >= 4 is 0 Å². The molecule has 2 nitrogen and oxygen atoms in total. The summed E-state index contributed by atoms with van der Waals surface area (Å²) in [5, 5.41) is 3.92. The molecule has 1 aliphatic heterocycles. The third kappa shape index (κ3) is 2.85. The van der Waals surface area contributed by atoms with Crippen LogP contribution in [-0.2, 0) is 4.74 Å². The van der Waals surface area contributed by atoms with Gasteiger partial charge in [0.1, 0.15) is 0 Å². The number of hydrogen-bond acceptors (Lipinski definition) is 2. The molecule has 2 saturated carbocycles. The molecule has 3 aliphatic rings. The Morgan fingerprint density at radius 2 is 2.12 bits per heavy atom. The average molecular weight is 237 g/mol. The highest BCUT2D eigenvalue weighted by Gasteiger charge is 2.42. The van der Waals surface area contributed by atoms with Gasteiger partial charge in [-0.25, -0.2) is 0 Å². The second kappa shape index (κ2) is 4.89. The van der Waals surface area contributed by atoms with Gasteiger partial charge >= 0.3 is 0 Å². The van der Waals surface area contributed by atoms with Crippen molar-refractivity contribution in [2.24, 2.45) is 5.92 Å². The van der Waals surface area contributed by atoms with Crippen LogP contribution in [-0.4, -0.2) is 24.3 Å². The summed E-state index contributed by atoms with van der Waals surface area (Å²) in [6.07, 6.45) is 12.2. The van der Waals surface area contributed by atoms with Crippen molar-refractivity contribution in [3.63, 3.8) is 0 Å². The second-order valence-electron chi connectivity index (χ2n) is 6.53. The van der Waals surface area contributed by atoms with Gasteiger partial charge in [-0.2, -0.15) is 0 Å². The number of rotatable bonds is 5.